The number of aromatic nitrogens is 1. The Kier molecular flexibility index (Phi) is 3.12. The van der Waals surface area contributed by atoms with Crippen molar-refractivity contribution in [2.24, 2.45) is 0 Å². The number of aromatic carboxylic acids is 1. The standard InChI is InChI=1S/C7H4F2INO2/c8-6(9)3-1-11-2-4(5(3)10)7(12)13/h1-2,6H,(H,12,13). The van der Waals surface area contributed by atoms with Gasteiger partial charge >= 0.3 is 5.97 Å². The summed E-state index contributed by atoms with van der Waals surface area (Å²) >= 11 is 1.57. The molecule has 0 bridgehead atoms. The fourth-order valence-corrected chi connectivity index (χ4v) is 1.51. The lowest BCUT2D eigenvalue weighted by Crippen LogP contribution is -2.04. The van der Waals surface area contributed by atoms with Crippen LogP contribution in [0.5, 0.6) is 0 Å². The van der Waals surface area contributed by atoms with Crippen LogP contribution in [0.3, 0.4) is 0 Å². The molecule has 1 heterocycles. The zero-order valence-electron chi connectivity index (χ0n) is 6.17. The van der Waals surface area contributed by atoms with Crippen molar-refractivity contribution < 1.29 is 18.7 Å². The third kappa shape index (κ3) is 2.11. The lowest BCUT2D eigenvalue weighted by atomic mass is 10.2. The van der Waals surface area contributed by atoms with Gasteiger partial charge in [0.15, 0.2) is 0 Å². The number of hydrogen-bond donors (Lipinski definition) is 1. The first-order chi connectivity index (χ1) is 6.04. The lowest BCUT2D eigenvalue weighted by Gasteiger charge is -2.04. The SMILES string of the molecule is O=C(O)c1cncc(C(F)F)c1I. The molecule has 3 nitrogen and oxygen atoms in total. The minimum absolute atomic E-state index is 0.0371. The average Bonchev–Trinajstić information content (AvgIpc) is 2.03. The van der Waals surface area contributed by atoms with Gasteiger partial charge in [-0.25, -0.2) is 13.6 Å². The lowest BCUT2D eigenvalue weighted by molar-refractivity contribution is 0.0694. The van der Waals surface area contributed by atoms with Crippen molar-refractivity contribution >= 4 is 28.6 Å². The second kappa shape index (κ2) is 3.95. The van der Waals surface area contributed by atoms with Crippen LogP contribution in [0.15, 0.2) is 12.4 Å². The first kappa shape index (κ1) is 10.3. The Labute approximate surface area is 85.9 Å². The molecule has 0 spiro atoms. The molecule has 0 atom stereocenters. The van der Waals surface area contributed by atoms with Gasteiger partial charge in [0.2, 0.25) is 0 Å². The van der Waals surface area contributed by atoms with Crippen molar-refractivity contribution in [1.82, 2.24) is 4.98 Å². The summed E-state index contributed by atoms with van der Waals surface area (Å²) in [4.78, 5) is 13.9. The number of pyridine rings is 1. The maximum absolute atomic E-state index is 12.2. The van der Waals surface area contributed by atoms with Crippen LogP contribution in [0, 0.1) is 3.57 Å². The van der Waals surface area contributed by atoms with Gasteiger partial charge < -0.3 is 5.11 Å². The Bertz CT molecular complexity index is 343. The maximum atomic E-state index is 12.2. The molecule has 0 saturated carbocycles. The van der Waals surface area contributed by atoms with Crippen LogP contribution >= 0.6 is 22.6 Å². The van der Waals surface area contributed by atoms with Gasteiger partial charge in [0.25, 0.3) is 6.43 Å². The van der Waals surface area contributed by atoms with E-state index < -0.39 is 12.4 Å². The Balaban J connectivity index is 3.26. The Hall–Kier alpha value is -0.790. The van der Waals surface area contributed by atoms with Gasteiger partial charge in [-0.05, 0) is 22.6 Å². The highest BCUT2D eigenvalue weighted by molar-refractivity contribution is 14.1. The Morgan fingerprint density at radius 2 is 2.15 bits per heavy atom. The summed E-state index contributed by atoms with van der Waals surface area (Å²) in [7, 11) is 0. The predicted molar refractivity (Wildman–Crippen MR) is 48.9 cm³/mol. The van der Waals surface area contributed by atoms with Crippen LogP contribution in [0.1, 0.15) is 22.3 Å². The summed E-state index contributed by atoms with van der Waals surface area (Å²) in [5.41, 5.74) is -0.543. The minimum atomic E-state index is -2.70. The molecule has 1 N–H and O–H groups in total. The van der Waals surface area contributed by atoms with Crippen molar-refractivity contribution in [2.75, 3.05) is 0 Å². The first-order valence-electron chi connectivity index (χ1n) is 3.19. The quantitative estimate of drug-likeness (QED) is 0.853. The smallest absolute Gasteiger partial charge is 0.338 e. The number of carbonyl (C=O) groups is 1. The second-order valence-electron chi connectivity index (χ2n) is 2.20. The summed E-state index contributed by atoms with van der Waals surface area (Å²) in [6, 6.07) is 0. The van der Waals surface area contributed by atoms with E-state index in [9.17, 15) is 13.6 Å². The van der Waals surface area contributed by atoms with Gasteiger partial charge in [-0.2, -0.15) is 0 Å². The molecular formula is C7H4F2INO2. The van der Waals surface area contributed by atoms with E-state index in [0.29, 0.717) is 0 Å². The monoisotopic (exact) mass is 299 g/mol. The molecule has 0 aliphatic rings. The highest BCUT2D eigenvalue weighted by Gasteiger charge is 2.17. The van der Waals surface area contributed by atoms with E-state index in [1.165, 1.54) is 0 Å². The third-order valence-corrected chi connectivity index (χ3v) is 2.58. The molecule has 0 aliphatic heterocycles. The number of hydrogen-bond acceptors (Lipinski definition) is 2. The van der Waals surface area contributed by atoms with Crippen LogP contribution < -0.4 is 0 Å². The fraction of sp³-hybridized carbons (Fsp3) is 0.143. The van der Waals surface area contributed by atoms with Crippen molar-refractivity contribution in [1.29, 1.82) is 0 Å². The van der Waals surface area contributed by atoms with E-state index in [4.69, 9.17) is 5.11 Å². The predicted octanol–water partition coefficient (Wildman–Crippen LogP) is 2.32. The molecule has 0 amide bonds. The largest absolute Gasteiger partial charge is 0.478 e. The zero-order chi connectivity index (χ0) is 10.0. The average molecular weight is 299 g/mol. The minimum Gasteiger partial charge on any atom is -0.478 e. The number of halogens is 3. The van der Waals surface area contributed by atoms with E-state index in [0.717, 1.165) is 12.4 Å². The maximum Gasteiger partial charge on any atom is 0.338 e. The summed E-state index contributed by atoms with van der Waals surface area (Å²) in [6.45, 7) is 0. The van der Waals surface area contributed by atoms with E-state index in [2.05, 4.69) is 4.98 Å². The number of nitrogens with zero attached hydrogens (tertiary/aromatic N) is 1. The van der Waals surface area contributed by atoms with E-state index in [-0.39, 0.29) is 14.7 Å². The van der Waals surface area contributed by atoms with Crippen LogP contribution in [0.4, 0.5) is 8.78 Å². The zero-order valence-corrected chi connectivity index (χ0v) is 8.33. The van der Waals surface area contributed by atoms with Crippen molar-refractivity contribution in [2.45, 2.75) is 6.43 Å². The summed E-state index contributed by atoms with van der Waals surface area (Å²) in [6.07, 6.45) is -0.673. The van der Waals surface area contributed by atoms with E-state index >= 15 is 0 Å². The number of carboxylic acids is 1. The molecule has 1 rings (SSSR count). The van der Waals surface area contributed by atoms with Gasteiger partial charge in [0, 0.05) is 16.0 Å². The van der Waals surface area contributed by atoms with Crippen molar-refractivity contribution in [3.05, 3.63) is 27.1 Å². The molecule has 0 aromatic carbocycles. The molecule has 6 heteroatoms. The number of alkyl halides is 2. The van der Waals surface area contributed by atoms with Gasteiger partial charge in [-0.3, -0.25) is 4.98 Å². The molecule has 70 valence electrons. The Morgan fingerprint density at radius 1 is 1.54 bits per heavy atom. The Morgan fingerprint density at radius 3 is 2.62 bits per heavy atom. The molecule has 0 radical (unpaired) electrons. The van der Waals surface area contributed by atoms with Crippen LogP contribution in [0.2, 0.25) is 0 Å². The number of rotatable bonds is 2. The highest BCUT2D eigenvalue weighted by Crippen LogP contribution is 2.25. The normalized spacial score (nSPS) is 10.5. The van der Waals surface area contributed by atoms with Gasteiger partial charge in [0.1, 0.15) is 0 Å². The third-order valence-electron chi connectivity index (χ3n) is 1.37. The molecule has 1 aromatic rings. The van der Waals surface area contributed by atoms with Gasteiger partial charge in [-0.1, -0.05) is 0 Å². The molecule has 13 heavy (non-hydrogen) atoms. The summed E-state index contributed by atoms with van der Waals surface area (Å²) in [5.74, 6) is -1.25. The highest BCUT2D eigenvalue weighted by atomic mass is 127. The van der Waals surface area contributed by atoms with Crippen LogP contribution in [0.25, 0.3) is 0 Å². The van der Waals surface area contributed by atoms with Crippen LogP contribution in [-0.2, 0) is 0 Å². The van der Waals surface area contributed by atoms with Gasteiger partial charge in [-0.15, -0.1) is 0 Å². The van der Waals surface area contributed by atoms with Crippen molar-refractivity contribution in [3.63, 3.8) is 0 Å². The molecule has 1 aromatic heterocycles. The van der Waals surface area contributed by atoms with Gasteiger partial charge in [0.05, 0.1) is 11.1 Å². The molecule has 0 saturated heterocycles. The summed E-state index contributed by atoms with van der Waals surface area (Å²) in [5, 5.41) is 8.58. The fourth-order valence-electron chi connectivity index (χ4n) is 0.762. The van der Waals surface area contributed by atoms with Crippen LogP contribution in [-0.4, -0.2) is 16.1 Å². The van der Waals surface area contributed by atoms with Crippen molar-refractivity contribution in [3.8, 4) is 0 Å². The molecule has 0 unspecified atom stereocenters. The number of carboxylic acid groups (broad SMARTS) is 1. The second-order valence-corrected chi connectivity index (χ2v) is 3.27. The van der Waals surface area contributed by atoms with E-state index in [1.54, 1.807) is 22.6 Å². The molecule has 0 fully saturated rings. The molecular weight excluding hydrogens is 295 g/mol. The van der Waals surface area contributed by atoms with E-state index in [1.807, 2.05) is 0 Å². The summed E-state index contributed by atoms with van der Waals surface area (Å²) < 4.78 is 24.5. The topological polar surface area (TPSA) is 50.2 Å². The first-order valence-corrected chi connectivity index (χ1v) is 4.26. The molecule has 0 aliphatic carbocycles.